The third-order valence-corrected chi connectivity index (χ3v) is 11.1. The number of aliphatic hydroxyl groups excluding tert-OH is 8. The van der Waals surface area contributed by atoms with Gasteiger partial charge in [0.2, 0.25) is 12.2 Å². The van der Waals surface area contributed by atoms with Crippen LogP contribution in [0.3, 0.4) is 0 Å². The summed E-state index contributed by atoms with van der Waals surface area (Å²) < 4.78 is 31.0. The minimum Gasteiger partial charge on any atom is -0.479 e. The van der Waals surface area contributed by atoms with Gasteiger partial charge in [-0.2, -0.15) is 0 Å². The van der Waals surface area contributed by atoms with Crippen molar-refractivity contribution in [2.24, 2.45) is 5.92 Å². The number of aliphatic hydroxyl groups is 8. The van der Waals surface area contributed by atoms with Crippen LogP contribution >= 0.6 is 0 Å². The number of β-lactam (4-membered cyclic amide) rings is 1. The summed E-state index contributed by atoms with van der Waals surface area (Å²) in [4.78, 5) is 27.4. The molecule has 7 rings (SSSR count). The number of anilines is 1. The Morgan fingerprint density at radius 2 is 1.43 bits per heavy atom. The second-order valence-corrected chi connectivity index (χ2v) is 14.7. The number of ether oxygens (including phenoxy) is 3. The zero-order chi connectivity index (χ0) is 41.4. The van der Waals surface area contributed by atoms with E-state index in [0.717, 1.165) is 0 Å². The fourth-order valence-corrected chi connectivity index (χ4v) is 7.83. The zero-order valence-electron chi connectivity index (χ0n) is 30.8. The maximum Gasteiger partial charge on any atom is 0.335 e. The summed E-state index contributed by atoms with van der Waals surface area (Å²) in [5.74, 6) is -3.04. The molecule has 3 saturated heterocycles. The highest BCUT2D eigenvalue weighted by atomic mass is 19.1. The van der Waals surface area contributed by atoms with Crippen LogP contribution in [0.2, 0.25) is 0 Å². The molecular formula is C42H44FNO14. The lowest BCUT2D eigenvalue weighted by molar-refractivity contribution is -0.271. The number of hydrogen-bond donors (Lipinski definition) is 9. The van der Waals surface area contributed by atoms with Crippen LogP contribution in [-0.2, 0) is 19.1 Å². The van der Waals surface area contributed by atoms with Gasteiger partial charge in [0.25, 0.3) is 0 Å². The van der Waals surface area contributed by atoms with Gasteiger partial charge in [-0.15, -0.1) is 0 Å². The van der Waals surface area contributed by atoms with Crippen LogP contribution in [-0.4, -0.2) is 120 Å². The number of halogens is 1. The van der Waals surface area contributed by atoms with Crippen molar-refractivity contribution >= 4 is 17.6 Å². The van der Waals surface area contributed by atoms with Crippen molar-refractivity contribution in [3.63, 3.8) is 0 Å². The molecule has 4 aromatic carbocycles. The number of carboxylic acid groups (broad SMARTS) is 1. The average Bonchev–Trinajstić information content (AvgIpc) is 3.23. The predicted octanol–water partition coefficient (Wildman–Crippen LogP) is 1.50. The minimum atomic E-state index is -1.98. The smallest absolute Gasteiger partial charge is 0.335 e. The van der Waals surface area contributed by atoms with E-state index in [0.29, 0.717) is 33.5 Å². The van der Waals surface area contributed by atoms with Crippen molar-refractivity contribution in [2.75, 3.05) is 11.5 Å². The Bertz CT molecular complexity index is 2050. The molecule has 0 radical (unpaired) electrons. The summed E-state index contributed by atoms with van der Waals surface area (Å²) in [5, 5.41) is 93.4. The minimum absolute atomic E-state index is 0.0230. The molecule has 3 aliphatic heterocycles. The molecule has 15 nitrogen and oxygen atoms in total. The largest absolute Gasteiger partial charge is 0.479 e. The molecule has 0 saturated carbocycles. The van der Waals surface area contributed by atoms with Crippen LogP contribution in [0.4, 0.5) is 10.1 Å². The lowest BCUT2D eigenvalue weighted by Crippen LogP contribution is -2.61. The van der Waals surface area contributed by atoms with Crippen LogP contribution in [0, 0.1) is 11.7 Å². The molecule has 9 N–H and O–H groups in total. The van der Waals surface area contributed by atoms with Crippen molar-refractivity contribution < 1.29 is 74.1 Å². The maximum atomic E-state index is 13.9. The van der Waals surface area contributed by atoms with Crippen molar-refractivity contribution in [2.45, 2.75) is 86.2 Å². The number of hydrogen-bond acceptors (Lipinski definition) is 13. The number of para-hydroxylation sites is 1. The standard InChI is InChI=1S/C42H44FNO14/c43-24-13-10-21(11-14-24)28(46)17-16-27-31(44(40(27)53)25-4-2-1-3-5-25)26-15-12-23(18-29(26)57-42-37(52)34(49)36(51)39(58-42)41(54)55)20-6-8-22(9-7-20)38-35(50)33(48)32(47)30(19-45)56-38/h1-15,18,27-28,30-39,42,45-52H,16-17,19H2,(H,54,55)/t27-,28+,30-,31-,32-,33+,34+,35-,36-,37?,38?,39?,42-/m1/s1. The molecule has 0 spiro atoms. The molecule has 3 fully saturated rings. The summed E-state index contributed by atoms with van der Waals surface area (Å²) >= 11 is 0. The van der Waals surface area contributed by atoms with E-state index in [1.165, 1.54) is 24.3 Å². The first kappa shape index (κ1) is 41.3. The molecule has 0 aliphatic carbocycles. The second-order valence-electron chi connectivity index (χ2n) is 14.7. The molecule has 1 amide bonds. The highest BCUT2D eigenvalue weighted by molar-refractivity contribution is 6.03. The van der Waals surface area contributed by atoms with E-state index in [1.807, 2.05) is 0 Å². The van der Waals surface area contributed by atoms with Crippen molar-refractivity contribution in [3.8, 4) is 16.9 Å². The number of carbonyl (C=O) groups is 2. The van der Waals surface area contributed by atoms with Gasteiger partial charge in [-0.1, -0.05) is 66.7 Å². The average molecular weight is 806 g/mol. The van der Waals surface area contributed by atoms with Crippen LogP contribution in [0.25, 0.3) is 11.1 Å². The van der Waals surface area contributed by atoms with Crippen molar-refractivity contribution in [1.29, 1.82) is 0 Å². The summed E-state index contributed by atoms with van der Waals surface area (Å²) in [6, 6.07) is 25.0. The molecule has 0 aromatic heterocycles. The lowest BCUT2D eigenvalue weighted by Gasteiger charge is -2.48. The first-order chi connectivity index (χ1) is 27.8. The van der Waals surface area contributed by atoms with Gasteiger partial charge in [-0.25, -0.2) is 9.18 Å². The first-order valence-corrected chi connectivity index (χ1v) is 18.7. The Morgan fingerprint density at radius 3 is 2.09 bits per heavy atom. The SMILES string of the molecule is O=C(O)C1O[C@@H](Oc2cc(-c3ccc(C4O[C@H](CO)[C@@H](O)[C@H](O)[C@H]4O)cc3)ccc2[C@@H]2[C@@H](CC[C@H](O)c3ccc(F)cc3)C(=O)N2c2ccccc2)C(O)[C@@H](O)[C@H]1O. The molecule has 308 valence electrons. The fourth-order valence-electron chi connectivity index (χ4n) is 7.83. The van der Waals surface area contributed by atoms with E-state index in [2.05, 4.69) is 0 Å². The van der Waals surface area contributed by atoms with Gasteiger partial charge in [0.1, 0.15) is 60.4 Å². The topological polar surface area (TPSA) is 247 Å². The quantitative estimate of drug-likeness (QED) is 0.0922. The summed E-state index contributed by atoms with van der Waals surface area (Å²) in [7, 11) is 0. The third-order valence-electron chi connectivity index (χ3n) is 11.1. The Kier molecular flexibility index (Phi) is 12.2. The van der Waals surface area contributed by atoms with Crippen LogP contribution in [0.1, 0.15) is 47.8 Å². The summed E-state index contributed by atoms with van der Waals surface area (Å²) in [5.41, 5.74) is 2.93. The molecule has 4 aromatic rings. The van der Waals surface area contributed by atoms with Gasteiger partial charge in [-0.05, 0) is 65.4 Å². The molecule has 13 atom stereocenters. The van der Waals surface area contributed by atoms with Gasteiger partial charge in [0.05, 0.1) is 24.7 Å². The fraction of sp³-hybridized carbons (Fsp3) is 0.381. The van der Waals surface area contributed by atoms with Gasteiger partial charge in [0.15, 0.2) is 6.10 Å². The Balaban J connectivity index is 1.25. The number of aliphatic carboxylic acids is 1. The van der Waals surface area contributed by atoms with E-state index in [4.69, 9.17) is 14.2 Å². The van der Waals surface area contributed by atoms with E-state index in [9.17, 15) is 59.9 Å². The maximum absolute atomic E-state index is 13.9. The first-order valence-electron chi connectivity index (χ1n) is 18.7. The van der Waals surface area contributed by atoms with E-state index in [1.54, 1.807) is 77.7 Å². The highest BCUT2D eigenvalue weighted by Crippen LogP contribution is 2.50. The molecule has 3 heterocycles. The molecule has 58 heavy (non-hydrogen) atoms. The predicted molar refractivity (Wildman–Crippen MR) is 200 cm³/mol. The van der Waals surface area contributed by atoms with Gasteiger partial charge in [0, 0.05) is 11.3 Å². The zero-order valence-corrected chi connectivity index (χ0v) is 30.8. The van der Waals surface area contributed by atoms with Crippen LogP contribution < -0.4 is 9.64 Å². The Labute approximate surface area is 331 Å². The molecule has 3 unspecified atom stereocenters. The second kappa shape index (κ2) is 17.2. The third kappa shape index (κ3) is 7.96. The number of benzene rings is 4. The molecular weight excluding hydrogens is 761 g/mol. The normalized spacial score (nSPS) is 31.7. The Hall–Kier alpha value is -4.85. The van der Waals surface area contributed by atoms with E-state index in [-0.39, 0.29) is 24.5 Å². The van der Waals surface area contributed by atoms with E-state index < -0.39 is 97.7 Å². The number of carboxylic acids is 1. The molecule has 16 heteroatoms. The van der Waals surface area contributed by atoms with E-state index >= 15 is 0 Å². The highest BCUT2D eigenvalue weighted by Gasteiger charge is 2.52. The molecule has 3 aliphatic rings. The Morgan fingerprint density at radius 1 is 0.776 bits per heavy atom. The number of rotatable bonds is 12. The number of amides is 1. The monoisotopic (exact) mass is 805 g/mol. The number of nitrogens with zero attached hydrogens (tertiary/aromatic N) is 1. The van der Waals surface area contributed by atoms with Crippen LogP contribution in [0.15, 0.2) is 97.1 Å². The van der Waals surface area contributed by atoms with Crippen molar-refractivity contribution in [3.05, 3.63) is 120 Å². The molecule has 0 bridgehead atoms. The van der Waals surface area contributed by atoms with Gasteiger partial charge in [-0.3, -0.25) is 4.79 Å². The lowest BCUT2D eigenvalue weighted by atomic mass is 9.77. The van der Waals surface area contributed by atoms with Gasteiger partial charge >= 0.3 is 5.97 Å². The number of carbonyl (C=O) groups excluding carboxylic acids is 1. The summed E-state index contributed by atoms with van der Waals surface area (Å²) in [6.45, 7) is -0.596. The van der Waals surface area contributed by atoms with Crippen molar-refractivity contribution in [1.82, 2.24) is 0 Å². The van der Waals surface area contributed by atoms with Crippen LogP contribution in [0.5, 0.6) is 5.75 Å². The van der Waals surface area contributed by atoms with Gasteiger partial charge < -0.3 is 65.1 Å². The summed E-state index contributed by atoms with van der Waals surface area (Å²) in [6.07, 6.45) is -17.1.